The molecule has 1 heterocycles. The number of hydrogen-bond donors (Lipinski definition) is 1. The van der Waals surface area contributed by atoms with Gasteiger partial charge in [0.1, 0.15) is 0 Å². The van der Waals surface area contributed by atoms with E-state index in [1.165, 1.54) is 11.1 Å². The molecule has 1 aromatic rings. The number of nitrogens with one attached hydrogen (secondary N) is 1. The van der Waals surface area contributed by atoms with Crippen LogP contribution in [0.4, 0.5) is 0 Å². The van der Waals surface area contributed by atoms with Crippen molar-refractivity contribution in [1.29, 1.82) is 0 Å². The Hall–Kier alpha value is -1.35. The summed E-state index contributed by atoms with van der Waals surface area (Å²) < 4.78 is 0. The lowest BCUT2D eigenvalue weighted by atomic mass is 9.86. The Morgan fingerprint density at radius 3 is 2.42 bits per heavy atom. The summed E-state index contributed by atoms with van der Waals surface area (Å²) in [5.74, 6) is 0.165. The molecule has 0 aromatic heterocycles. The fourth-order valence-corrected chi connectivity index (χ4v) is 2.47. The number of hydrogen-bond acceptors (Lipinski definition) is 2. The third-order valence-corrected chi connectivity index (χ3v) is 3.80. The Morgan fingerprint density at radius 2 is 1.89 bits per heavy atom. The van der Waals surface area contributed by atoms with E-state index in [4.69, 9.17) is 0 Å². The average Bonchev–Trinajstić information content (AvgIpc) is 2.38. The molecule has 2 rings (SSSR count). The van der Waals surface area contributed by atoms with Crippen LogP contribution in [0.5, 0.6) is 0 Å². The van der Waals surface area contributed by atoms with Crippen LogP contribution < -0.4 is 5.32 Å². The van der Waals surface area contributed by atoms with E-state index in [2.05, 4.69) is 50.4 Å². The average molecular weight is 260 g/mol. The van der Waals surface area contributed by atoms with E-state index < -0.39 is 0 Å². The van der Waals surface area contributed by atoms with Crippen LogP contribution in [0.15, 0.2) is 24.3 Å². The van der Waals surface area contributed by atoms with Gasteiger partial charge in [-0.3, -0.25) is 4.79 Å². The maximum absolute atomic E-state index is 11.5. The van der Waals surface area contributed by atoms with Crippen molar-refractivity contribution >= 4 is 5.91 Å². The second-order valence-electron chi connectivity index (χ2n) is 6.34. The molecule has 1 N–H and O–H groups in total. The first-order chi connectivity index (χ1) is 8.88. The van der Waals surface area contributed by atoms with E-state index in [1.54, 1.807) is 6.92 Å². The molecule has 0 bridgehead atoms. The second-order valence-corrected chi connectivity index (χ2v) is 6.34. The molecule has 0 aliphatic carbocycles. The molecule has 1 aliphatic heterocycles. The number of nitrogens with zero attached hydrogens (tertiary/aromatic N) is 1. The normalized spacial score (nSPS) is 20.4. The van der Waals surface area contributed by atoms with E-state index in [0.717, 1.165) is 19.6 Å². The lowest BCUT2D eigenvalue weighted by Crippen LogP contribution is -2.47. The molecular formula is C16H24N2O. The van der Waals surface area contributed by atoms with Crippen molar-refractivity contribution in [2.24, 2.45) is 0 Å². The fourth-order valence-electron chi connectivity index (χ4n) is 2.47. The smallest absolute Gasteiger partial charge is 0.219 e. The van der Waals surface area contributed by atoms with Gasteiger partial charge in [-0.25, -0.2) is 0 Å². The lowest BCUT2D eigenvalue weighted by Gasteiger charge is -2.33. The second kappa shape index (κ2) is 5.33. The number of amides is 1. The van der Waals surface area contributed by atoms with Crippen LogP contribution in [-0.4, -0.2) is 30.4 Å². The first-order valence-corrected chi connectivity index (χ1v) is 6.97. The molecule has 1 amide bonds. The Bertz CT molecular complexity index is 445. The van der Waals surface area contributed by atoms with E-state index in [1.807, 2.05) is 4.90 Å². The maximum Gasteiger partial charge on any atom is 0.219 e. The van der Waals surface area contributed by atoms with Crippen molar-refractivity contribution in [1.82, 2.24) is 10.2 Å². The summed E-state index contributed by atoms with van der Waals surface area (Å²) in [5, 5.41) is 3.48. The Morgan fingerprint density at radius 1 is 1.26 bits per heavy atom. The zero-order valence-corrected chi connectivity index (χ0v) is 12.4. The zero-order valence-electron chi connectivity index (χ0n) is 12.4. The van der Waals surface area contributed by atoms with Crippen LogP contribution in [0.1, 0.15) is 44.9 Å². The van der Waals surface area contributed by atoms with Crippen molar-refractivity contribution in [2.75, 3.05) is 19.6 Å². The molecule has 3 heteroatoms. The minimum Gasteiger partial charge on any atom is -0.340 e. The zero-order chi connectivity index (χ0) is 14.0. The Balaban J connectivity index is 2.12. The van der Waals surface area contributed by atoms with Crippen molar-refractivity contribution in [2.45, 2.75) is 39.2 Å². The number of piperazine rings is 1. The van der Waals surface area contributed by atoms with E-state index in [0.29, 0.717) is 0 Å². The molecule has 0 saturated carbocycles. The van der Waals surface area contributed by atoms with Crippen molar-refractivity contribution in [3.8, 4) is 0 Å². The highest BCUT2D eigenvalue weighted by molar-refractivity contribution is 5.73. The summed E-state index contributed by atoms with van der Waals surface area (Å²) in [4.78, 5) is 13.4. The van der Waals surface area contributed by atoms with Crippen molar-refractivity contribution in [3.63, 3.8) is 0 Å². The van der Waals surface area contributed by atoms with Crippen molar-refractivity contribution < 1.29 is 4.79 Å². The Labute approximate surface area is 116 Å². The number of benzene rings is 1. The lowest BCUT2D eigenvalue weighted by molar-refractivity contribution is -0.130. The summed E-state index contributed by atoms with van der Waals surface area (Å²) in [6, 6.07) is 9.02. The molecule has 0 radical (unpaired) electrons. The van der Waals surface area contributed by atoms with E-state index in [9.17, 15) is 4.79 Å². The van der Waals surface area contributed by atoms with Gasteiger partial charge in [0.15, 0.2) is 0 Å². The fraction of sp³-hybridized carbons (Fsp3) is 0.562. The highest BCUT2D eigenvalue weighted by Crippen LogP contribution is 2.24. The van der Waals surface area contributed by atoms with Gasteiger partial charge in [-0.15, -0.1) is 0 Å². The molecule has 1 aromatic carbocycles. The van der Waals surface area contributed by atoms with Gasteiger partial charge >= 0.3 is 0 Å². The molecule has 1 saturated heterocycles. The summed E-state index contributed by atoms with van der Waals surface area (Å²) in [6.07, 6.45) is 0. The van der Waals surface area contributed by atoms with Gasteiger partial charge in [0, 0.05) is 32.6 Å². The monoisotopic (exact) mass is 260 g/mol. The Kier molecular flexibility index (Phi) is 3.95. The highest BCUT2D eigenvalue weighted by Gasteiger charge is 2.22. The maximum atomic E-state index is 11.5. The molecule has 104 valence electrons. The molecule has 19 heavy (non-hydrogen) atoms. The van der Waals surface area contributed by atoms with Gasteiger partial charge in [0.25, 0.3) is 0 Å². The van der Waals surface area contributed by atoms with Gasteiger partial charge in [-0.05, 0) is 16.5 Å². The van der Waals surface area contributed by atoms with Gasteiger partial charge in [-0.1, -0.05) is 45.0 Å². The van der Waals surface area contributed by atoms with Crippen LogP contribution in [0.25, 0.3) is 0 Å². The number of carbonyl (C=O) groups is 1. The van der Waals surface area contributed by atoms with Gasteiger partial charge < -0.3 is 10.2 Å². The summed E-state index contributed by atoms with van der Waals surface area (Å²) in [6.45, 7) is 10.8. The predicted octanol–water partition coefficient (Wildman–Crippen LogP) is 2.48. The van der Waals surface area contributed by atoms with Crippen LogP contribution in [0, 0.1) is 0 Å². The first kappa shape index (κ1) is 14.1. The highest BCUT2D eigenvalue weighted by atomic mass is 16.2. The molecular weight excluding hydrogens is 236 g/mol. The minimum absolute atomic E-state index is 0.165. The minimum atomic E-state index is 0.165. The molecule has 1 unspecified atom stereocenters. The third-order valence-electron chi connectivity index (χ3n) is 3.80. The van der Waals surface area contributed by atoms with Crippen LogP contribution >= 0.6 is 0 Å². The molecule has 1 fully saturated rings. The largest absolute Gasteiger partial charge is 0.340 e. The number of carbonyl (C=O) groups excluding carboxylic acids is 1. The predicted molar refractivity (Wildman–Crippen MR) is 78.1 cm³/mol. The molecule has 0 spiro atoms. The number of rotatable bonds is 1. The third kappa shape index (κ3) is 3.35. The van der Waals surface area contributed by atoms with Crippen molar-refractivity contribution in [3.05, 3.63) is 35.4 Å². The quantitative estimate of drug-likeness (QED) is 0.841. The van der Waals surface area contributed by atoms with Gasteiger partial charge in [-0.2, -0.15) is 0 Å². The van der Waals surface area contributed by atoms with Gasteiger partial charge in [0.2, 0.25) is 5.91 Å². The van der Waals surface area contributed by atoms with Crippen LogP contribution in [0.3, 0.4) is 0 Å². The van der Waals surface area contributed by atoms with Crippen LogP contribution in [-0.2, 0) is 10.2 Å². The SMILES string of the molecule is CC(=O)N1CCNC(c2ccc(C(C)(C)C)cc2)C1. The first-order valence-electron chi connectivity index (χ1n) is 6.97. The van der Waals surface area contributed by atoms with E-state index in [-0.39, 0.29) is 17.4 Å². The van der Waals surface area contributed by atoms with Crippen LogP contribution in [0.2, 0.25) is 0 Å². The molecule has 3 nitrogen and oxygen atoms in total. The summed E-state index contributed by atoms with van der Waals surface area (Å²) in [5.41, 5.74) is 2.79. The summed E-state index contributed by atoms with van der Waals surface area (Å²) in [7, 11) is 0. The standard InChI is InChI=1S/C16H24N2O/c1-12(19)18-10-9-17-15(11-18)13-5-7-14(8-6-13)16(2,3)4/h5-8,15,17H,9-11H2,1-4H3. The van der Waals surface area contributed by atoms with Gasteiger partial charge in [0.05, 0.1) is 0 Å². The topological polar surface area (TPSA) is 32.3 Å². The summed E-state index contributed by atoms with van der Waals surface area (Å²) >= 11 is 0. The van der Waals surface area contributed by atoms with E-state index >= 15 is 0 Å². The molecule has 1 aliphatic rings. The molecule has 1 atom stereocenters.